The van der Waals surface area contributed by atoms with E-state index in [1.165, 1.54) is 35.1 Å². The monoisotopic (exact) mass is 520 g/mol. The van der Waals surface area contributed by atoms with Gasteiger partial charge >= 0.3 is 0 Å². The highest BCUT2D eigenvalue weighted by atomic mass is 32.2. The Labute approximate surface area is 217 Å². The lowest BCUT2D eigenvalue weighted by Crippen LogP contribution is -2.19. The van der Waals surface area contributed by atoms with Gasteiger partial charge in [-0.3, -0.25) is 14.9 Å². The molecule has 6 nitrogen and oxygen atoms in total. The highest BCUT2D eigenvalue weighted by Crippen LogP contribution is 2.37. The zero-order valence-electron chi connectivity index (χ0n) is 19.0. The van der Waals surface area contributed by atoms with Crippen LogP contribution in [0.2, 0.25) is 0 Å². The van der Waals surface area contributed by atoms with Crippen molar-refractivity contribution in [3.05, 3.63) is 96.1 Å². The van der Waals surface area contributed by atoms with Gasteiger partial charge in [0.2, 0.25) is 22.1 Å². The molecule has 0 aliphatic rings. The van der Waals surface area contributed by atoms with E-state index in [0.717, 1.165) is 21.8 Å². The Morgan fingerprint density at radius 2 is 1.69 bits per heavy atom. The second-order valence-electron chi connectivity index (χ2n) is 7.45. The van der Waals surface area contributed by atoms with Crippen LogP contribution < -0.4 is 10.6 Å². The molecule has 35 heavy (non-hydrogen) atoms. The predicted octanol–water partition coefficient (Wildman–Crippen LogP) is 6.30. The topological polar surface area (TPSA) is 84.0 Å². The zero-order valence-corrected chi connectivity index (χ0v) is 21.5. The summed E-state index contributed by atoms with van der Waals surface area (Å²) < 4.78 is 4.28. The second kappa shape index (κ2) is 12.5. The molecule has 0 aliphatic heterocycles. The van der Waals surface area contributed by atoms with Crippen LogP contribution in [0.15, 0.2) is 95.0 Å². The van der Waals surface area contributed by atoms with Gasteiger partial charge in [-0.05, 0) is 35.1 Å². The lowest BCUT2D eigenvalue weighted by molar-refractivity contribution is -0.116. The molecule has 0 bridgehead atoms. The first-order valence-corrected chi connectivity index (χ1v) is 13.7. The lowest BCUT2D eigenvalue weighted by atomic mass is 10.1. The van der Waals surface area contributed by atoms with Crippen molar-refractivity contribution in [3.63, 3.8) is 0 Å². The second-order valence-corrected chi connectivity index (χ2v) is 10.6. The molecule has 0 radical (unpaired) electrons. The maximum Gasteiger partial charge on any atom is 0.244 e. The molecule has 178 valence electrons. The normalized spacial score (nSPS) is 11.6. The molecular weight excluding hydrogens is 497 g/mol. The van der Waals surface area contributed by atoms with Gasteiger partial charge in [0.05, 0.1) is 6.42 Å². The van der Waals surface area contributed by atoms with Crippen molar-refractivity contribution in [2.24, 2.45) is 0 Å². The maximum atomic E-state index is 13.3. The number of nitrogens with zero attached hydrogens (tertiary/aromatic N) is 2. The Balaban J connectivity index is 1.47. The van der Waals surface area contributed by atoms with Gasteiger partial charge in [0.15, 0.2) is 0 Å². The van der Waals surface area contributed by atoms with E-state index in [0.29, 0.717) is 22.4 Å². The number of aromatic nitrogens is 2. The molecule has 4 aromatic rings. The molecule has 1 aromatic heterocycles. The molecule has 0 spiro atoms. The van der Waals surface area contributed by atoms with Crippen LogP contribution in [0.25, 0.3) is 0 Å². The van der Waals surface area contributed by atoms with E-state index >= 15 is 0 Å². The first-order chi connectivity index (χ1) is 17.1. The summed E-state index contributed by atoms with van der Waals surface area (Å²) in [6.45, 7) is 2.03. The average Bonchev–Trinajstić information content (AvgIpc) is 3.30. The molecule has 0 saturated carbocycles. The summed E-state index contributed by atoms with van der Waals surface area (Å²) >= 11 is 4.13. The fraction of sp³-hybridized carbons (Fsp3) is 0.154. The van der Waals surface area contributed by atoms with Crippen LogP contribution in [0.5, 0.6) is 0 Å². The molecule has 2 N–H and O–H groups in total. The van der Waals surface area contributed by atoms with Crippen LogP contribution in [0.1, 0.15) is 23.3 Å². The molecule has 0 aliphatic carbocycles. The van der Waals surface area contributed by atoms with E-state index in [4.69, 9.17) is 0 Å². The standard InChI is InChI=1S/C26H24N4O2S3/c1-2-33-26-29-25(35-30-26)28-24(32)23(19-12-7-4-8-13-19)34-21-15-9-14-20(17-21)27-22(31)16-18-10-5-3-6-11-18/h3-15,17,23H,2,16H2,1H3,(H,27,31)(H,28,29,30,32). The van der Waals surface area contributed by atoms with Crippen LogP contribution in [0.3, 0.4) is 0 Å². The van der Waals surface area contributed by atoms with E-state index in [2.05, 4.69) is 20.0 Å². The van der Waals surface area contributed by atoms with Gasteiger partial charge in [0, 0.05) is 22.1 Å². The molecule has 1 unspecified atom stereocenters. The molecule has 0 fully saturated rings. The van der Waals surface area contributed by atoms with Crippen molar-refractivity contribution in [2.45, 2.75) is 28.6 Å². The number of thioether (sulfide) groups is 2. The van der Waals surface area contributed by atoms with Gasteiger partial charge in [-0.25, -0.2) is 0 Å². The summed E-state index contributed by atoms with van der Waals surface area (Å²) in [5.41, 5.74) is 2.52. The number of carbonyl (C=O) groups excluding carboxylic acids is 2. The summed E-state index contributed by atoms with van der Waals surface area (Å²) in [5.74, 6) is 0.599. The number of rotatable bonds is 10. The highest BCUT2D eigenvalue weighted by molar-refractivity contribution is 8.00. The van der Waals surface area contributed by atoms with E-state index in [9.17, 15) is 9.59 Å². The zero-order chi connectivity index (χ0) is 24.5. The van der Waals surface area contributed by atoms with Crippen molar-refractivity contribution in [1.82, 2.24) is 9.36 Å². The van der Waals surface area contributed by atoms with Gasteiger partial charge in [0.25, 0.3) is 0 Å². The van der Waals surface area contributed by atoms with Gasteiger partial charge in [-0.1, -0.05) is 85.4 Å². The number of amides is 2. The van der Waals surface area contributed by atoms with Crippen LogP contribution in [-0.4, -0.2) is 26.9 Å². The Morgan fingerprint density at radius 1 is 0.943 bits per heavy atom. The third kappa shape index (κ3) is 7.42. The number of anilines is 2. The quantitative estimate of drug-likeness (QED) is 0.239. The third-order valence-electron chi connectivity index (χ3n) is 4.83. The summed E-state index contributed by atoms with van der Waals surface area (Å²) in [6.07, 6.45) is 0.299. The highest BCUT2D eigenvalue weighted by Gasteiger charge is 2.23. The molecule has 0 saturated heterocycles. The maximum absolute atomic E-state index is 13.3. The number of benzene rings is 3. The van der Waals surface area contributed by atoms with Crippen molar-refractivity contribution < 1.29 is 9.59 Å². The molecule has 1 heterocycles. The molecule has 2 amide bonds. The summed E-state index contributed by atoms with van der Waals surface area (Å²) in [7, 11) is 0. The van der Waals surface area contributed by atoms with Crippen molar-refractivity contribution in [3.8, 4) is 0 Å². The number of nitrogens with one attached hydrogen (secondary N) is 2. The molecule has 3 aromatic carbocycles. The minimum absolute atomic E-state index is 0.0901. The summed E-state index contributed by atoms with van der Waals surface area (Å²) in [6, 6.07) is 26.8. The van der Waals surface area contributed by atoms with Crippen molar-refractivity contribution >= 4 is 57.7 Å². The number of hydrogen-bond acceptors (Lipinski definition) is 7. The molecule has 4 rings (SSSR count). The smallest absolute Gasteiger partial charge is 0.244 e. The fourth-order valence-corrected chi connectivity index (χ4v) is 5.65. The predicted molar refractivity (Wildman–Crippen MR) is 145 cm³/mol. The Bertz CT molecular complexity index is 1270. The minimum Gasteiger partial charge on any atom is -0.326 e. The largest absolute Gasteiger partial charge is 0.326 e. The molecule has 9 heteroatoms. The van der Waals surface area contributed by atoms with Crippen LogP contribution >= 0.6 is 35.1 Å². The fourth-order valence-electron chi connectivity index (χ4n) is 3.29. The van der Waals surface area contributed by atoms with E-state index in [1.807, 2.05) is 91.9 Å². The van der Waals surface area contributed by atoms with Crippen LogP contribution in [0, 0.1) is 0 Å². The minimum atomic E-state index is -0.502. The van der Waals surface area contributed by atoms with Crippen molar-refractivity contribution in [2.75, 3.05) is 16.4 Å². The van der Waals surface area contributed by atoms with Gasteiger partial charge < -0.3 is 5.32 Å². The summed E-state index contributed by atoms with van der Waals surface area (Å²) in [5, 5.41) is 6.51. The average molecular weight is 521 g/mol. The Hall–Kier alpha value is -3.14. The van der Waals surface area contributed by atoms with Crippen LogP contribution in [0.4, 0.5) is 10.8 Å². The van der Waals surface area contributed by atoms with Crippen molar-refractivity contribution in [1.29, 1.82) is 0 Å². The Morgan fingerprint density at radius 3 is 2.43 bits per heavy atom. The number of hydrogen-bond donors (Lipinski definition) is 2. The molecule has 1 atom stereocenters. The van der Waals surface area contributed by atoms with E-state index in [-0.39, 0.29) is 11.8 Å². The summed E-state index contributed by atoms with van der Waals surface area (Å²) in [4.78, 5) is 31.0. The number of carbonyl (C=O) groups is 2. The third-order valence-corrected chi connectivity index (χ3v) is 7.55. The first-order valence-electron chi connectivity index (χ1n) is 11.0. The lowest BCUT2D eigenvalue weighted by Gasteiger charge is -2.16. The van der Waals surface area contributed by atoms with E-state index in [1.54, 1.807) is 0 Å². The van der Waals surface area contributed by atoms with Gasteiger partial charge in [0.1, 0.15) is 5.25 Å². The van der Waals surface area contributed by atoms with E-state index < -0.39 is 5.25 Å². The first kappa shape index (κ1) is 25.0. The van der Waals surface area contributed by atoms with Gasteiger partial charge in [-0.15, -0.1) is 11.8 Å². The van der Waals surface area contributed by atoms with Gasteiger partial charge in [-0.2, -0.15) is 9.36 Å². The molecular formula is C26H24N4O2S3. The SMILES string of the molecule is CCSc1nsc(NC(=O)C(Sc2cccc(NC(=O)Cc3ccccc3)c2)c2ccccc2)n1. The Kier molecular flexibility index (Phi) is 8.94. The van der Waals surface area contributed by atoms with Crippen LogP contribution in [-0.2, 0) is 16.0 Å².